The van der Waals surface area contributed by atoms with Crippen LogP contribution in [0.25, 0.3) is 0 Å². The van der Waals surface area contributed by atoms with E-state index in [-0.39, 0.29) is 0 Å². The maximum atomic E-state index is 4.35. The van der Waals surface area contributed by atoms with Gasteiger partial charge >= 0.3 is 0 Å². The van der Waals surface area contributed by atoms with Crippen molar-refractivity contribution in [2.24, 2.45) is 4.99 Å². The molecule has 0 N–H and O–H groups in total. The molecule has 0 saturated heterocycles. The summed E-state index contributed by atoms with van der Waals surface area (Å²) in [6.07, 6.45) is 1.89. The highest BCUT2D eigenvalue weighted by Crippen LogP contribution is 2.17. The Bertz CT molecular complexity index is 303. The number of aliphatic imine (C=N–C) groups is 1. The summed E-state index contributed by atoms with van der Waals surface area (Å²) in [5.74, 6) is 1.10. The van der Waals surface area contributed by atoms with Gasteiger partial charge in [0, 0.05) is 18.5 Å². The first kappa shape index (κ1) is 7.80. The van der Waals surface area contributed by atoms with E-state index in [4.69, 9.17) is 0 Å². The van der Waals surface area contributed by atoms with Gasteiger partial charge in [-0.2, -0.15) is 0 Å². The molecule has 1 aliphatic rings. The van der Waals surface area contributed by atoms with Crippen LogP contribution >= 0.6 is 11.8 Å². The molecule has 1 aromatic heterocycles. The summed E-state index contributed by atoms with van der Waals surface area (Å²) in [7, 11) is 0. The fourth-order valence-electron chi connectivity index (χ4n) is 1.08. The van der Waals surface area contributed by atoms with Crippen molar-refractivity contribution < 1.29 is 0 Å². The average Bonchev–Trinajstić information content (AvgIpc) is 2.58. The topological polar surface area (TPSA) is 25.2 Å². The SMILES string of the molecule is Cc1ccc(C2=NCCS2)nc1. The normalized spacial score (nSPS) is 16.2. The zero-order valence-electron chi connectivity index (χ0n) is 6.95. The molecule has 0 spiro atoms. The summed E-state index contributed by atoms with van der Waals surface area (Å²) in [5.41, 5.74) is 2.21. The summed E-state index contributed by atoms with van der Waals surface area (Å²) >= 11 is 1.79. The molecule has 0 aliphatic carbocycles. The fourth-order valence-corrected chi connectivity index (χ4v) is 1.91. The van der Waals surface area contributed by atoms with Crippen LogP contribution in [0.4, 0.5) is 0 Å². The molecule has 2 rings (SSSR count). The summed E-state index contributed by atoms with van der Waals surface area (Å²) in [6.45, 7) is 2.98. The molecule has 2 nitrogen and oxygen atoms in total. The lowest BCUT2D eigenvalue weighted by Crippen LogP contribution is -1.95. The van der Waals surface area contributed by atoms with Crippen molar-refractivity contribution in [3.8, 4) is 0 Å². The highest BCUT2D eigenvalue weighted by atomic mass is 32.2. The maximum Gasteiger partial charge on any atom is 0.116 e. The minimum Gasteiger partial charge on any atom is -0.275 e. The van der Waals surface area contributed by atoms with Crippen LogP contribution < -0.4 is 0 Å². The van der Waals surface area contributed by atoms with Crippen molar-refractivity contribution in [1.29, 1.82) is 0 Å². The quantitative estimate of drug-likeness (QED) is 0.656. The number of rotatable bonds is 1. The Morgan fingerprint density at radius 2 is 2.33 bits per heavy atom. The third kappa shape index (κ3) is 1.50. The Hall–Kier alpha value is -0.830. The minimum absolute atomic E-state index is 0.940. The molecular weight excluding hydrogens is 168 g/mol. The minimum atomic E-state index is 0.940. The van der Waals surface area contributed by atoms with Crippen molar-refractivity contribution in [2.45, 2.75) is 6.92 Å². The van der Waals surface area contributed by atoms with Gasteiger partial charge in [-0.15, -0.1) is 11.8 Å². The Morgan fingerprint density at radius 1 is 1.42 bits per heavy atom. The van der Waals surface area contributed by atoms with Gasteiger partial charge in [0.05, 0.1) is 5.69 Å². The summed E-state index contributed by atoms with van der Waals surface area (Å²) < 4.78 is 0. The summed E-state index contributed by atoms with van der Waals surface area (Å²) in [4.78, 5) is 8.66. The van der Waals surface area contributed by atoms with Crippen molar-refractivity contribution in [3.05, 3.63) is 29.6 Å². The molecule has 0 atom stereocenters. The van der Waals surface area contributed by atoms with E-state index in [2.05, 4.69) is 16.0 Å². The maximum absolute atomic E-state index is 4.35. The van der Waals surface area contributed by atoms with Gasteiger partial charge in [0.1, 0.15) is 5.04 Å². The zero-order chi connectivity index (χ0) is 8.39. The molecule has 62 valence electrons. The average molecular weight is 178 g/mol. The van der Waals surface area contributed by atoms with Crippen molar-refractivity contribution >= 4 is 16.8 Å². The number of hydrogen-bond acceptors (Lipinski definition) is 3. The van der Waals surface area contributed by atoms with E-state index in [0.29, 0.717) is 0 Å². The monoisotopic (exact) mass is 178 g/mol. The van der Waals surface area contributed by atoms with Gasteiger partial charge in [-0.1, -0.05) is 6.07 Å². The van der Waals surface area contributed by atoms with E-state index in [1.54, 1.807) is 11.8 Å². The molecule has 12 heavy (non-hydrogen) atoms. The Kier molecular flexibility index (Phi) is 2.13. The first-order valence-corrected chi connectivity index (χ1v) is 4.95. The molecule has 0 aromatic carbocycles. The lowest BCUT2D eigenvalue weighted by Gasteiger charge is -1.97. The van der Waals surface area contributed by atoms with E-state index in [1.165, 1.54) is 5.56 Å². The lowest BCUT2D eigenvalue weighted by molar-refractivity contribution is 1.16. The number of pyridine rings is 1. The van der Waals surface area contributed by atoms with Crippen molar-refractivity contribution in [1.82, 2.24) is 4.98 Å². The second kappa shape index (κ2) is 3.27. The summed E-state index contributed by atoms with van der Waals surface area (Å²) in [5, 5.41) is 1.09. The molecule has 1 aromatic rings. The van der Waals surface area contributed by atoms with E-state index >= 15 is 0 Å². The van der Waals surface area contributed by atoms with Gasteiger partial charge < -0.3 is 0 Å². The third-order valence-corrected chi connectivity index (χ3v) is 2.71. The highest BCUT2D eigenvalue weighted by molar-refractivity contribution is 8.14. The lowest BCUT2D eigenvalue weighted by atomic mass is 10.3. The van der Waals surface area contributed by atoms with Gasteiger partial charge in [-0.25, -0.2) is 0 Å². The predicted octanol–water partition coefficient (Wildman–Crippen LogP) is 1.88. The number of aryl methyl sites for hydroxylation is 1. The molecule has 1 aliphatic heterocycles. The molecule has 0 fully saturated rings. The Labute approximate surface area is 76.1 Å². The first-order chi connectivity index (χ1) is 5.86. The van der Waals surface area contributed by atoms with Gasteiger partial charge in [0.15, 0.2) is 0 Å². The van der Waals surface area contributed by atoms with Crippen LogP contribution in [-0.4, -0.2) is 22.3 Å². The molecule has 0 bridgehead atoms. The number of thioether (sulfide) groups is 1. The summed E-state index contributed by atoms with van der Waals surface area (Å²) in [6, 6.07) is 4.11. The second-order valence-electron chi connectivity index (χ2n) is 2.76. The Morgan fingerprint density at radius 3 is 2.92 bits per heavy atom. The molecular formula is C9H10N2S. The fraction of sp³-hybridized carbons (Fsp3) is 0.333. The second-order valence-corrected chi connectivity index (χ2v) is 3.84. The number of nitrogens with zero attached hydrogens (tertiary/aromatic N) is 2. The third-order valence-electron chi connectivity index (χ3n) is 1.72. The van der Waals surface area contributed by atoms with Crippen LogP contribution in [0.1, 0.15) is 11.3 Å². The smallest absolute Gasteiger partial charge is 0.116 e. The number of aromatic nitrogens is 1. The van der Waals surface area contributed by atoms with Crippen LogP contribution in [-0.2, 0) is 0 Å². The van der Waals surface area contributed by atoms with E-state index in [9.17, 15) is 0 Å². The van der Waals surface area contributed by atoms with Crippen LogP contribution in [0, 0.1) is 6.92 Å². The van der Waals surface area contributed by atoms with Gasteiger partial charge in [0.2, 0.25) is 0 Å². The zero-order valence-corrected chi connectivity index (χ0v) is 7.77. The van der Waals surface area contributed by atoms with Gasteiger partial charge in [0.25, 0.3) is 0 Å². The number of hydrogen-bond donors (Lipinski definition) is 0. The predicted molar refractivity (Wildman–Crippen MR) is 52.8 cm³/mol. The molecule has 0 radical (unpaired) electrons. The van der Waals surface area contributed by atoms with E-state index in [1.807, 2.05) is 19.2 Å². The molecule has 2 heterocycles. The van der Waals surface area contributed by atoms with Crippen LogP contribution in [0.15, 0.2) is 23.3 Å². The standard InChI is InChI=1S/C9H10N2S/c1-7-2-3-8(11-6-7)9-10-4-5-12-9/h2-3,6H,4-5H2,1H3. The van der Waals surface area contributed by atoms with E-state index < -0.39 is 0 Å². The van der Waals surface area contributed by atoms with Crippen molar-refractivity contribution in [3.63, 3.8) is 0 Å². The highest BCUT2D eigenvalue weighted by Gasteiger charge is 2.09. The molecule has 0 saturated carbocycles. The van der Waals surface area contributed by atoms with Gasteiger partial charge in [-0.05, 0) is 18.6 Å². The molecule has 0 amide bonds. The Balaban J connectivity index is 2.28. The van der Waals surface area contributed by atoms with Crippen molar-refractivity contribution in [2.75, 3.05) is 12.3 Å². The molecule has 0 unspecified atom stereocenters. The van der Waals surface area contributed by atoms with E-state index in [0.717, 1.165) is 23.0 Å². The first-order valence-electron chi connectivity index (χ1n) is 3.96. The van der Waals surface area contributed by atoms with Crippen LogP contribution in [0.3, 0.4) is 0 Å². The van der Waals surface area contributed by atoms with Gasteiger partial charge in [-0.3, -0.25) is 9.98 Å². The van der Waals surface area contributed by atoms with Crippen LogP contribution in [0.2, 0.25) is 0 Å². The van der Waals surface area contributed by atoms with Crippen LogP contribution in [0.5, 0.6) is 0 Å². The molecule has 3 heteroatoms. The largest absolute Gasteiger partial charge is 0.275 e.